The number of carbonyl (C=O) groups is 2. The van der Waals surface area contributed by atoms with Crippen LogP contribution in [0.1, 0.15) is 39.2 Å². The zero-order chi connectivity index (χ0) is 30.0. The maximum atomic E-state index is 14.1. The smallest absolute Gasteiger partial charge is 0.264 e. The number of amides is 2. The van der Waals surface area contributed by atoms with Gasteiger partial charge in [0.2, 0.25) is 11.8 Å². The van der Waals surface area contributed by atoms with Crippen LogP contribution >= 0.6 is 11.6 Å². The van der Waals surface area contributed by atoms with E-state index in [1.54, 1.807) is 38.1 Å². The first kappa shape index (κ1) is 31.9. The lowest BCUT2D eigenvalue weighted by molar-refractivity contribution is -0.140. The van der Waals surface area contributed by atoms with Gasteiger partial charge in [-0.05, 0) is 73.9 Å². The Morgan fingerprint density at radius 3 is 2.24 bits per heavy atom. The Morgan fingerprint density at radius 2 is 1.63 bits per heavy atom. The maximum absolute atomic E-state index is 14.1. The van der Waals surface area contributed by atoms with E-state index < -0.39 is 34.3 Å². The first-order chi connectivity index (χ1) is 19.6. The van der Waals surface area contributed by atoms with Crippen LogP contribution in [0.4, 0.5) is 10.1 Å². The molecule has 3 aromatic rings. The van der Waals surface area contributed by atoms with Crippen molar-refractivity contribution in [1.29, 1.82) is 0 Å². The standard InChI is InChI=1S/C30H35ClFN3O5S/c1-4-19-33-30(37)26(5-2)34(20-22-11-15-24(32)16-12-22)29(36)21-35(27-9-7-8-10-28(27)40-6-3)41(38,39)25-17-13-23(31)14-18-25/h7-18,26H,4-6,19-21H2,1-3H3,(H,33,37)/t26-/m0/s1. The van der Waals surface area contributed by atoms with E-state index in [4.69, 9.17) is 16.3 Å². The molecule has 0 bridgehead atoms. The summed E-state index contributed by atoms with van der Waals surface area (Å²) < 4.78 is 48.3. The Morgan fingerprint density at radius 1 is 0.976 bits per heavy atom. The maximum Gasteiger partial charge on any atom is 0.264 e. The molecule has 0 heterocycles. The van der Waals surface area contributed by atoms with Crippen LogP contribution in [0.5, 0.6) is 5.75 Å². The average molecular weight is 604 g/mol. The molecular weight excluding hydrogens is 569 g/mol. The van der Waals surface area contributed by atoms with E-state index in [0.29, 0.717) is 23.6 Å². The molecule has 2 amide bonds. The molecule has 0 fully saturated rings. The number of nitrogens with zero attached hydrogens (tertiary/aromatic N) is 2. The highest BCUT2D eigenvalue weighted by atomic mass is 35.5. The van der Waals surface area contributed by atoms with Gasteiger partial charge in [0.1, 0.15) is 24.2 Å². The van der Waals surface area contributed by atoms with E-state index in [1.807, 2.05) is 6.92 Å². The number of rotatable bonds is 14. The summed E-state index contributed by atoms with van der Waals surface area (Å²) in [4.78, 5) is 28.5. The second kappa shape index (κ2) is 14.8. The van der Waals surface area contributed by atoms with Gasteiger partial charge in [-0.25, -0.2) is 12.8 Å². The summed E-state index contributed by atoms with van der Waals surface area (Å²) in [6.45, 7) is 5.50. The van der Waals surface area contributed by atoms with E-state index in [1.165, 1.54) is 53.4 Å². The van der Waals surface area contributed by atoms with Crippen LogP contribution in [0.25, 0.3) is 0 Å². The van der Waals surface area contributed by atoms with Crippen molar-refractivity contribution in [2.24, 2.45) is 0 Å². The molecule has 0 saturated heterocycles. The third kappa shape index (κ3) is 8.20. The molecule has 0 aliphatic heterocycles. The van der Waals surface area contributed by atoms with Gasteiger partial charge in [0, 0.05) is 18.1 Å². The van der Waals surface area contributed by atoms with Crippen molar-refractivity contribution >= 4 is 39.1 Å². The summed E-state index contributed by atoms with van der Waals surface area (Å²) in [7, 11) is -4.29. The average Bonchev–Trinajstić information content (AvgIpc) is 2.96. The van der Waals surface area contributed by atoms with Crippen molar-refractivity contribution in [2.45, 2.75) is 51.1 Å². The Hall–Kier alpha value is -3.63. The van der Waals surface area contributed by atoms with Crippen molar-refractivity contribution in [3.05, 3.63) is 89.2 Å². The number of nitrogens with one attached hydrogen (secondary N) is 1. The molecule has 0 aliphatic carbocycles. The van der Waals surface area contributed by atoms with Crippen molar-refractivity contribution < 1.29 is 27.1 Å². The van der Waals surface area contributed by atoms with Crippen LogP contribution in [0.3, 0.4) is 0 Å². The summed E-state index contributed by atoms with van der Waals surface area (Å²) in [6.07, 6.45) is 0.983. The summed E-state index contributed by atoms with van der Waals surface area (Å²) >= 11 is 6.00. The van der Waals surface area contributed by atoms with Gasteiger partial charge in [0.05, 0.1) is 17.2 Å². The van der Waals surface area contributed by atoms with E-state index in [-0.39, 0.29) is 41.8 Å². The number of halogens is 2. The van der Waals surface area contributed by atoms with Gasteiger partial charge in [-0.3, -0.25) is 13.9 Å². The van der Waals surface area contributed by atoms with Crippen molar-refractivity contribution in [3.8, 4) is 5.75 Å². The van der Waals surface area contributed by atoms with Crippen molar-refractivity contribution in [1.82, 2.24) is 10.2 Å². The molecule has 8 nitrogen and oxygen atoms in total. The van der Waals surface area contributed by atoms with Crippen molar-refractivity contribution in [2.75, 3.05) is 24.0 Å². The lowest BCUT2D eigenvalue weighted by atomic mass is 10.1. The first-order valence-electron chi connectivity index (χ1n) is 13.4. The summed E-state index contributed by atoms with van der Waals surface area (Å²) in [5.41, 5.74) is 0.756. The minimum atomic E-state index is -4.29. The van der Waals surface area contributed by atoms with Crippen LogP contribution in [0.2, 0.25) is 5.02 Å². The fourth-order valence-electron chi connectivity index (χ4n) is 4.26. The third-order valence-electron chi connectivity index (χ3n) is 6.32. The molecule has 0 radical (unpaired) electrons. The lowest BCUT2D eigenvalue weighted by Gasteiger charge is -2.33. The minimum absolute atomic E-state index is 0.0287. The second-order valence-electron chi connectivity index (χ2n) is 9.23. The Bertz CT molecular complexity index is 1420. The number of hydrogen-bond acceptors (Lipinski definition) is 5. The first-order valence-corrected chi connectivity index (χ1v) is 15.3. The molecule has 1 atom stereocenters. The van der Waals surface area contributed by atoms with Crippen LogP contribution in [0, 0.1) is 5.82 Å². The number of anilines is 1. The summed E-state index contributed by atoms with van der Waals surface area (Å²) in [6, 6.07) is 16.9. The normalized spacial score (nSPS) is 11.9. The largest absolute Gasteiger partial charge is 0.492 e. The fraction of sp³-hybridized carbons (Fsp3) is 0.333. The molecule has 11 heteroatoms. The zero-order valence-corrected chi connectivity index (χ0v) is 24.9. The number of hydrogen-bond donors (Lipinski definition) is 1. The van der Waals surface area contributed by atoms with Gasteiger partial charge in [-0.1, -0.05) is 49.7 Å². The van der Waals surface area contributed by atoms with Crippen LogP contribution < -0.4 is 14.4 Å². The quantitative estimate of drug-likeness (QED) is 0.266. The highest BCUT2D eigenvalue weighted by Crippen LogP contribution is 2.33. The lowest BCUT2D eigenvalue weighted by Crippen LogP contribution is -2.52. The van der Waals surface area contributed by atoms with Gasteiger partial charge in [-0.15, -0.1) is 0 Å². The number of carbonyl (C=O) groups excluding carboxylic acids is 2. The van der Waals surface area contributed by atoms with Crippen LogP contribution in [-0.4, -0.2) is 50.9 Å². The van der Waals surface area contributed by atoms with Crippen LogP contribution in [-0.2, 0) is 26.2 Å². The van der Waals surface area contributed by atoms with Gasteiger partial charge in [0.15, 0.2) is 0 Å². The Kier molecular flexibility index (Phi) is 11.5. The van der Waals surface area contributed by atoms with Gasteiger partial charge in [-0.2, -0.15) is 0 Å². The van der Waals surface area contributed by atoms with Gasteiger partial charge >= 0.3 is 0 Å². The van der Waals surface area contributed by atoms with E-state index >= 15 is 0 Å². The Balaban J connectivity index is 2.09. The molecule has 0 saturated carbocycles. The molecule has 3 rings (SSSR count). The molecule has 41 heavy (non-hydrogen) atoms. The predicted octanol–water partition coefficient (Wildman–Crippen LogP) is 5.41. The zero-order valence-electron chi connectivity index (χ0n) is 23.3. The third-order valence-corrected chi connectivity index (χ3v) is 8.34. The monoisotopic (exact) mass is 603 g/mol. The highest BCUT2D eigenvalue weighted by molar-refractivity contribution is 7.92. The molecule has 0 spiro atoms. The number of benzene rings is 3. The van der Waals surface area contributed by atoms with Gasteiger partial charge in [0.25, 0.3) is 10.0 Å². The summed E-state index contributed by atoms with van der Waals surface area (Å²) in [5, 5.41) is 3.19. The number of sulfonamides is 1. The fourth-order valence-corrected chi connectivity index (χ4v) is 5.81. The van der Waals surface area contributed by atoms with E-state index in [2.05, 4.69) is 5.32 Å². The SMILES string of the molecule is CCCNC(=O)[C@H](CC)N(Cc1ccc(F)cc1)C(=O)CN(c1ccccc1OCC)S(=O)(=O)c1ccc(Cl)cc1. The van der Waals surface area contributed by atoms with Gasteiger partial charge < -0.3 is 15.0 Å². The second-order valence-corrected chi connectivity index (χ2v) is 11.5. The highest BCUT2D eigenvalue weighted by Gasteiger charge is 2.34. The molecule has 220 valence electrons. The minimum Gasteiger partial charge on any atom is -0.492 e. The van der Waals surface area contributed by atoms with Crippen LogP contribution in [0.15, 0.2) is 77.7 Å². The van der Waals surface area contributed by atoms with E-state index in [9.17, 15) is 22.4 Å². The molecule has 1 N–H and O–H groups in total. The molecule has 0 aliphatic rings. The molecule has 0 unspecified atom stereocenters. The Labute approximate surface area is 246 Å². The predicted molar refractivity (Wildman–Crippen MR) is 158 cm³/mol. The molecular formula is C30H35ClFN3O5S. The van der Waals surface area contributed by atoms with Crippen molar-refractivity contribution in [3.63, 3.8) is 0 Å². The van der Waals surface area contributed by atoms with E-state index in [0.717, 1.165) is 4.31 Å². The molecule has 0 aromatic heterocycles. The molecule has 3 aromatic carbocycles. The topological polar surface area (TPSA) is 96.0 Å². The number of para-hydroxylation sites is 2. The number of ether oxygens (including phenoxy) is 1. The summed E-state index contributed by atoms with van der Waals surface area (Å²) in [5.74, 6) is -1.13.